The summed E-state index contributed by atoms with van der Waals surface area (Å²) >= 11 is 1.69. The number of ether oxygens (including phenoxy) is 3. The molecule has 0 unspecified atom stereocenters. The van der Waals surface area contributed by atoms with E-state index in [4.69, 9.17) is 14.2 Å². The molecule has 2 saturated heterocycles. The molecule has 0 saturated carbocycles. The summed E-state index contributed by atoms with van der Waals surface area (Å²) in [7, 11) is 0. The van der Waals surface area contributed by atoms with Crippen LogP contribution in [0.4, 0.5) is 13.6 Å². The normalized spacial score (nSPS) is 21.5. The minimum absolute atomic E-state index is 0.0178. The lowest BCUT2D eigenvalue weighted by Gasteiger charge is -2.35. The molecule has 2 fully saturated rings. The van der Waals surface area contributed by atoms with Crippen molar-refractivity contribution in [2.24, 2.45) is 5.92 Å². The highest BCUT2D eigenvalue weighted by Gasteiger charge is 2.34. The van der Waals surface area contributed by atoms with Gasteiger partial charge in [0.15, 0.2) is 0 Å². The number of hydrogen-bond acceptors (Lipinski definition) is 7. The minimum atomic E-state index is -1.30. The van der Waals surface area contributed by atoms with Crippen LogP contribution in [0.2, 0.25) is 0 Å². The van der Waals surface area contributed by atoms with Crippen LogP contribution in [0.25, 0.3) is 10.9 Å². The number of carbonyl (C=O) groups is 1. The van der Waals surface area contributed by atoms with Gasteiger partial charge >= 0.3 is 6.09 Å². The van der Waals surface area contributed by atoms with Crippen molar-refractivity contribution in [3.05, 3.63) is 34.1 Å². The van der Waals surface area contributed by atoms with Crippen molar-refractivity contribution >= 4 is 28.8 Å². The molecule has 2 aromatic rings. The van der Waals surface area contributed by atoms with E-state index in [0.717, 1.165) is 32.1 Å². The summed E-state index contributed by atoms with van der Waals surface area (Å²) in [6, 6.07) is 2.64. The van der Waals surface area contributed by atoms with Gasteiger partial charge in [0.1, 0.15) is 34.6 Å². The first kappa shape index (κ1) is 26.7. The predicted octanol–water partition coefficient (Wildman–Crippen LogP) is 4.45. The van der Waals surface area contributed by atoms with Crippen LogP contribution in [0.15, 0.2) is 16.9 Å². The van der Waals surface area contributed by atoms with Crippen LogP contribution in [-0.4, -0.2) is 70.9 Å². The third kappa shape index (κ3) is 6.88. The second-order valence-corrected chi connectivity index (χ2v) is 11.5. The molecule has 8 nitrogen and oxygen atoms in total. The number of carbonyl (C=O) groups excluding carboxylic acids is 1. The van der Waals surface area contributed by atoms with Crippen LogP contribution in [0, 0.1) is 11.7 Å². The number of hydrogen-bond donors (Lipinski definition) is 1. The summed E-state index contributed by atoms with van der Waals surface area (Å²) in [5.74, 6) is -0.0401. The monoisotopic (exact) mass is 525 g/mol. The number of benzene rings is 1. The van der Waals surface area contributed by atoms with Crippen LogP contribution in [0.3, 0.4) is 0 Å². The smallest absolute Gasteiger partial charge is 0.410 e. The second kappa shape index (κ2) is 11.3. The zero-order chi connectivity index (χ0) is 25.9. The maximum absolute atomic E-state index is 14.8. The average Bonchev–Trinajstić information content (AvgIpc) is 2.81. The molecule has 2 aliphatic heterocycles. The van der Waals surface area contributed by atoms with E-state index >= 15 is 0 Å². The van der Waals surface area contributed by atoms with Gasteiger partial charge in [-0.15, -0.1) is 0 Å². The third-order valence-corrected chi connectivity index (χ3v) is 7.58. The van der Waals surface area contributed by atoms with Gasteiger partial charge in [0.05, 0.1) is 24.4 Å². The molecule has 1 N–H and O–H groups in total. The Hall–Kier alpha value is -2.40. The molecule has 36 heavy (non-hydrogen) atoms. The van der Waals surface area contributed by atoms with E-state index in [1.165, 1.54) is 11.0 Å². The molecule has 198 valence electrons. The molecule has 0 aliphatic carbocycles. The number of thioether (sulfide) groups is 1. The molecule has 0 radical (unpaired) electrons. The van der Waals surface area contributed by atoms with Gasteiger partial charge in [-0.05, 0) is 40.0 Å². The molecule has 1 aromatic heterocycles. The third-order valence-electron chi connectivity index (χ3n) is 6.20. The minimum Gasteiger partial charge on any atom is -0.493 e. The van der Waals surface area contributed by atoms with E-state index in [0.29, 0.717) is 29.8 Å². The zero-order valence-corrected chi connectivity index (χ0v) is 21.7. The van der Waals surface area contributed by atoms with Crippen molar-refractivity contribution in [2.45, 2.75) is 62.8 Å². The Labute approximate surface area is 213 Å². The van der Waals surface area contributed by atoms with E-state index in [-0.39, 0.29) is 29.8 Å². The van der Waals surface area contributed by atoms with Gasteiger partial charge in [0.25, 0.3) is 5.56 Å². The van der Waals surface area contributed by atoms with E-state index < -0.39 is 35.2 Å². The fraction of sp³-hybridized carbons (Fsp3) is 0.640. The lowest BCUT2D eigenvalue weighted by molar-refractivity contribution is 0.000394. The van der Waals surface area contributed by atoms with Gasteiger partial charge in [0, 0.05) is 43.1 Å². The SMILES string of the molecule is CC(C)(C)OC(=O)N1CC[C@@H](COc2cc(F)c3c(=O)[nH]c(CSC4CCOCC4)nc3c2)[C@H](F)C1. The highest BCUT2D eigenvalue weighted by molar-refractivity contribution is 7.99. The summed E-state index contributed by atoms with van der Waals surface area (Å²) in [6.07, 6.45) is 0.444. The number of rotatable bonds is 6. The number of aromatic amines is 1. The number of nitrogens with zero attached hydrogens (tertiary/aromatic N) is 2. The number of amides is 1. The number of likely N-dealkylation sites (tertiary alicyclic amines) is 1. The van der Waals surface area contributed by atoms with Gasteiger partial charge < -0.3 is 24.1 Å². The molecule has 4 rings (SSSR count). The summed E-state index contributed by atoms with van der Waals surface area (Å²) < 4.78 is 46.0. The Bertz CT molecular complexity index is 1130. The summed E-state index contributed by atoms with van der Waals surface area (Å²) in [5.41, 5.74) is -0.986. The van der Waals surface area contributed by atoms with E-state index in [9.17, 15) is 18.4 Å². The fourth-order valence-corrected chi connectivity index (χ4v) is 5.33. The van der Waals surface area contributed by atoms with E-state index in [1.54, 1.807) is 32.5 Å². The number of halogens is 2. The van der Waals surface area contributed by atoms with Crippen molar-refractivity contribution in [3.8, 4) is 5.75 Å². The van der Waals surface area contributed by atoms with E-state index in [2.05, 4.69) is 9.97 Å². The summed E-state index contributed by atoms with van der Waals surface area (Å²) in [4.78, 5) is 33.2. The van der Waals surface area contributed by atoms with Crippen molar-refractivity contribution < 1.29 is 27.8 Å². The molecule has 1 amide bonds. The molecule has 0 bridgehead atoms. The lowest BCUT2D eigenvalue weighted by atomic mass is 9.96. The van der Waals surface area contributed by atoms with Gasteiger partial charge in [-0.25, -0.2) is 18.6 Å². The predicted molar refractivity (Wildman–Crippen MR) is 134 cm³/mol. The van der Waals surface area contributed by atoms with Crippen molar-refractivity contribution in [1.82, 2.24) is 14.9 Å². The molecular formula is C25H33F2N3O5S. The number of piperidine rings is 1. The van der Waals surface area contributed by atoms with Crippen LogP contribution < -0.4 is 10.3 Å². The Balaban J connectivity index is 1.38. The first-order valence-corrected chi connectivity index (χ1v) is 13.3. The standard InChI is InChI=1S/C25H33F2N3O5S/c1-25(2,3)35-24(32)30-7-4-15(19(27)12-30)13-34-16-10-18(26)22-20(11-16)28-21(29-23(22)31)14-36-17-5-8-33-9-6-17/h10-11,15,17,19H,4-9,12-14H2,1-3H3,(H,28,29,31)/t15-,19+/m0/s1. The van der Waals surface area contributed by atoms with Crippen LogP contribution in [0.1, 0.15) is 45.9 Å². The molecule has 3 heterocycles. The highest BCUT2D eigenvalue weighted by Crippen LogP contribution is 2.27. The average molecular weight is 526 g/mol. The van der Waals surface area contributed by atoms with Gasteiger partial charge in [-0.1, -0.05) is 0 Å². The first-order chi connectivity index (χ1) is 17.1. The fourth-order valence-electron chi connectivity index (χ4n) is 4.28. The zero-order valence-electron chi connectivity index (χ0n) is 20.9. The van der Waals surface area contributed by atoms with Gasteiger partial charge in [-0.3, -0.25) is 4.79 Å². The summed E-state index contributed by atoms with van der Waals surface area (Å²) in [5, 5.41) is 0.303. The Kier molecular flexibility index (Phi) is 8.39. The Morgan fingerprint density at radius 1 is 1.28 bits per heavy atom. The van der Waals surface area contributed by atoms with Gasteiger partial charge in [-0.2, -0.15) is 11.8 Å². The highest BCUT2D eigenvalue weighted by atomic mass is 32.2. The summed E-state index contributed by atoms with van der Waals surface area (Å²) in [6.45, 7) is 7.02. The quantitative estimate of drug-likeness (QED) is 0.596. The first-order valence-electron chi connectivity index (χ1n) is 12.3. The topological polar surface area (TPSA) is 93.8 Å². The molecule has 2 aliphatic rings. The molecule has 11 heteroatoms. The number of fused-ring (bicyclic) bond motifs is 1. The number of H-pyrrole nitrogens is 1. The van der Waals surface area contributed by atoms with Crippen LogP contribution in [-0.2, 0) is 15.2 Å². The molecule has 0 spiro atoms. The Morgan fingerprint density at radius 3 is 2.72 bits per heavy atom. The van der Waals surface area contributed by atoms with Crippen molar-refractivity contribution in [3.63, 3.8) is 0 Å². The number of aromatic nitrogens is 2. The Morgan fingerprint density at radius 2 is 2.03 bits per heavy atom. The molecule has 1 aromatic carbocycles. The van der Waals surface area contributed by atoms with Crippen molar-refractivity contribution in [2.75, 3.05) is 32.9 Å². The van der Waals surface area contributed by atoms with E-state index in [1.807, 2.05) is 0 Å². The number of nitrogens with one attached hydrogen (secondary N) is 1. The van der Waals surface area contributed by atoms with Gasteiger partial charge in [0.2, 0.25) is 0 Å². The van der Waals surface area contributed by atoms with Crippen molar-refractivity contribution in [1.29, 1.82) is 0 Å². The number of alkyl halides is 1. The lowest BCUT2D eigenvalue weighted by Crippen LogP contribution is -2.48. The van der Waals surface area contributed by atoms with Crippen LogP contribution >= 0.6 is 11.8 Å². The molecule has 2 atom stereocenters. The maximum Gasteiger partial charge on any atom is 0.410 e. The largest absolute Gasteiger partial charge is 0.493 e. The van der Waals surface area contributed by atoms with Crippen LogP contribution in [0.5, 0.6) is 5.75 Å². The molecular weight excluding hydrogens is 492 g/mol. The second-order valence-electron chi connectivity index (χ2n) is 10.2. The maximum atomic E-state index is 14.8.